The Hall–Kier alpha value is -4.95. The van der Waals surface area contributed by atoms with Gasteiger partial charge in [-0.05, 0) is 64.1 Å². The highest BCUT2D eigenvalue weighted by molar-refractivity contribution is 6.07. The molecule has 1 aliphatic carbocycles. The lowest BCUT2D eigenvalue weighted by molar-refractivity contribution is -0.659. The molecule has 2 heterocycles. The first kappa shape index (κ1) is 22.1. The third-order valence-corrected chi connectivity index (χ3v) is 8.22. The van der Waals surface area contributed by atoms with Crippen LogP contribution in [0.15, 0.2) is 126 Å². The average Bonchev–Trinajstić information content (AvgIpc) is 3.33. The van der Waals surface area contributed by atoms with Gasteiger partial charge in [-0.3, -0.25) is 0 Å². The molecule has 39 heavy (non-hydrogen) atoms. The minimum Gasteiger partial charge on any atom is -0.456 e. The van der Waals surface area contributed by atoms with Crippen LogP contribution in [-0.4, -0.2) is 0 Å². The van der Waals surface area contributed by atoms with Gasteiger partial charge in [-0.2, -0.15) is 0 Å². The van der Waals surface area contributed by atoms with E-state index < -0.39 is 0 Å². The first-order valence-corrected chi connectivity index (χ1v) is 13.4. The van der Waals surface area contributed by atoms with E-state index in [1.54, 1.807) is 0 Å². The molecule has 2 aromatic heterocycles. The Labute approximate surface area is 227 Å². The van der Waals surface area contributed by atoms with Gasteiger partial charge in [-0.1, -0.05) is 91.0 Å². The van der Waals surface area contributed by atoms with Crippen LogP contribution in [0.3, 0.4) is 0 Å². The molecule has 0 N–H and O–H groups in total. The number of para-hydroxylation sites is 1. The summed E-state index contributed by atoms with van der Waals surface area (Å²) in [5, 5.41) is 2.32. The smallest absolute Gasteiger partial charge is 0.213 e. The number of fused-ring (bicyclic) bond motifs is 11. The number of rotatable bonds is 1. The number of hydrogen-bond donors (Lipinski definition) is 0. The van der Waals surface area contributed by atoms with Crippen molar-refractivity contribution >= 4 is 21.9 Å². The van der Waals surface area contributed by atoms with Gasteiger partial charge in [0.15, 0.2) is 6.20 Å². The summed E-state index contributed by atoms with van der Waals surface area (Å²) < 4.78 is 8.56. The summed E-state index contributed by atoms with van der Waals surface area (Å²) >= 11 is 0. The number of hydrogen-bond acceptors (Lipinski definition) is 1. The predicted molar refractivity (Wildman–Crippen MR) is 160 cm³/mol. The van der Waals surface area contributed by atoms with Gasteiger partial charge in [0, 0.05) is 22.4 Å². The van der Waals surface area contributed by atoms with Gasteiger partial charge in [-0.15, -0.1) is 0 Å². The number of benzene rings is 5. The minimum absolute atomic E-state index is 0.920. The first-order valence-electron chi connectivity index (χ1n) is 13.4. The summed E-state index contributed by atoms with van der Waals surface area (Å²) in [4.78, 5) is 0. The molecule has 0 fully saturated rings. The zero-order valence-corrected chi connectivity index (χ0v) is 21.9. The SMILES string of the molecule is Cc1cc2c(cc1-c1cc3c(c[n+]1C)-c1ccccc1-c1ccccc1-c1ccccc1-3)oc1ccccc12. The van der Waals surface area contributed by atoms with Crippen LogP contribution in [0.5, 0.6) is 0 Å². The van der Waals surface area contributed by atoms with Crippen molar-refractivity contribution in [2.24, 2.45) is 7.05 Å². The van der Waals surface area contributed by atoms with E-state index in [9.17, 15) is 0 Å². The Morgan fingerprint density at radius 2 is 0.974 bits per heavy atom. The lowest BCUT2D eigenvalue weighted by Crippen LogP contribution is -2.31. The highest BCUT2D eigenvalue weighted by atomic mass is 16.3. The van der Waals surface area contributed by atoms with E-state index in [4.69, 9.17) is 4.42 Å². The topological polar surface area (TPSA) is 17.0 Å². The molecule has 2 heteroatoms. The van der Waals surface area contributed by atoms with Gasteiger partial charge < -0.3 is 4.42 Å². The van der Waals surface area contributed by atoms with Crippen LogP contribution in [-0.2, 0) is 7.05 Å². The molecule has 0 unspecified atom stereocenters. The van der Waals surface area contributed by atoms with Gasteiger partial charge in [0.1, 0.15) is 18.2 Å². The molecule has 184 valence electrons. The Balaban J connectivity index is 1.44. The van der Waals surface area contributed by atoms with Gasteiger partial charge in [0.25, 0.3) is 0 Å². The second-order valence-electron chi connectivity index (χ2n) is 10.5. The van der Waals surface area contributed by atoms with Crippen LogP contribution >= 0.6 is 0 Å². The van der Waals surface area contributed by atoms with E-state index in [2.05, 4.69) is 128 Å². The zero-order valence-electron chi connectivity index (χ0n) is 21.9. The molecule has 5 aromatic carbocycles. The molecule has 0 saturated heterocycles. The Morgan fingerprint density at radius 1 is 0.462 bits per heavy atom. The van der Waals surface area contributed by atoms with E-state index in [1.807, 2.05) is 12.1 Å². The highest BCUT2D eigenvalue weighted by Crippen LogP contribution is 2.47. The normalized spacial score (nSPS) is 11.8. The lowest BCUT2D eigenvalue weighted by atomic mass is 9.81. The molecule has 7 aromatic rings. The van der Waals surface area contributed by atoms with E-state index >= 15 is 0 Å². The van der Waals surface area contributed by atoms with E-state index in [-0.39, 0.29) is 0 Å². The van der Waals surface area contributed by atoms with Crippen LogP contribution in [0.25, 0.3) is 77.7 Å². The molecule has 0 amide bonds. The molecule has 0 radical (unpaired) electrons. The Morgan fingerprint density at radius 3 is 1.59 bits per heavy atom. The van der Waals surface area contributed by atoms with Gasteiger partial charge in [0.2, 0.25) is 5.69 Å². The Bertz CT molecular complexity index is 2100. The highest BCUT2D eigenvalue weighted by Gasteiger charge is 2.26. The van der Waals surface area contributed by atoms with Crippen LogP contribution in [0.4, 0.5) is 0 Å². The number of aromatic nitrogens is 1. The standard InChI is InChI=1S/C37H26NO/c1-23-19-33-30-17-9-10-18-36(30)39-37(33)21-31(23)35-20-32-28-15-7-5-13-26(28)24-11-3-4-12-25(24)27-14-6-8-16-29(27)34(32)22-38(35)2/h3-22H,1-2H3/q+1. The maximum atomic E-state index is 6.29. The van der Waals surface area contributed by atoms with Crippen LogP contribution in [0.2, 0.25) is 0 Å². The second-order valence-corrected chi connectivity index (χ2v) is 10.5. The van der Waals surface area contributed by atoms with Crippen molar-refractivity contribution in [3.05, 3.63) is 127 Å². The third-order valence-electron chi connectivity index (χ3n) is 8.22. The number of aryl methyl sites for hydroxylation is 2. The van der Waals surface area contributed by atoms with Crippen molar-refractivity contribution in [2.75, 3.05) is 0 Å². The monoisotopic (exact) mass is 500 g/mol. The fourth-order valence-corrected chi connectivity index (χ4v) is 6.37. The minimum atomic E-state index is 0.920. The van der Waals surface area contributed by atoms with Crippen LogP contribution < -0.4 is 4.57 Å². The molecule has 0 spiro atoms. The maximum absolute atomic E-state index is 6.29. The molecule has 0 bridgehead atoms. The lowest BCUT2D eigenvalue weighted by Gasteiger charge is -2.22. The fraction of sp³-hybridized carbons (Fsp3) is 0.0541. The molecule has 0 atom stereocenters. The van der Waals surface area contributed by atoms with E-state index in [0.717, 1.165) is 27.6 Å². The number of furan rings is 1. The molecular weight excluding hydrogens is 474 g/mol. The van der Waals surface area contributed by atoms with Crippen LogP contribution in [0, 0.1) is 6.92 Å². The summed E-state index contributed by atoms with van der Waals surface area (Å²) in [6.07, 6.45) is 2.30. The summed E-state index contributed by atoms with van der Waals surface area (Å²) in [6, 6.07) is 41.5. The first-order chi connectivity index (χ1) is 19.2. The summed E-state index contributed by atoms with van der Waals surface area (Å²) in [7, 11) is 2.15. The van der Waals surface area contributed by atoms with Crippen LogP contribution in [0.1, 0.15) is 5.56 Å². The van der Waals surface area contributed by atoms with E-state index in [1.165, 1.54) is 55.6 Å². The van der Waals surface area contributed by atoms with Crippen molar-refractivity contribution in [3.8, 4) is 55.8 Å². The summed E-state index contributed by atoms with van der Waals surface area (Å²) in [5.74, 6) is 0. The molecule has 0 aliphatic heterocycles. The fourth-order valence-electron chi connectivity index (χ4n) is 6.37. The van der Waals surface area contributed by atoms with Gasteiger partial charge >= 0.3 is 0 Å². The van der Waals surface area contributed by atoms with Gasteiger partial charge in [-0.25, -0.2) is 4.57 Å². The maximum Gasteiger partial charge on any atom is 0.213 e. The Kier molecular flexibility index (Phi) is 4.68. The van der Waals surface area contributed by atoms with Crippen molar-refractivity contribution in [1.82, 2.24) is 0 Å². The van der Waals surface area contributed by atoms with Crippen molar-refractivity contribution in [1.29, 1.82) is 0 Å². The van der Waals surface area contributed by atoms with E-state index in [0.29, 0.717) is 0 Å². The summed E-state index contributed by atoms with van der Waals surface area (Å²) in [6.45, 7) is 2.20. The molecule has 1 aliphatic rings. The zero-order chi connectivity index (χ0) is 26.1. The van der Waals surface area contributed by atoms with Crippen molar-refractivity contribution < 1.29 is 8.98 Å². The summed E-state index contributed by atoms with van der Waals surface area (Å²) in [5.41, 5.74) is 15.4. The quantitative estimate of drug-likeness (QED) is 0.205. The molecule has 2 nitrogen and oxygen atoms in total. The van der Waals surface area contributed by atoms with Crippen molar-refractivity contribution in [2.45, 2.75) is 6.92 Å². The van der Waals surface area contributed by atoms with Gasteiger partial charge in [0.05, 0.1) is 11.1 Å². The average molecular weight is 501 g/mol. The third kappa shape index (κ3) is 3.25. The molecule has 8 rings (SSSR count). The number of pyridine rings is 1. The molecular formula is C37H26NO+. The number of nitrogens with zero attached hydrogens (tertiary/aromatic N) is 1. The predicted octanol–water partition coefficient (Wildman–Crippen LogP) is 9.37. The molecule has 0 saturated carbocycles. The second kappa shape index (κ2) is 8.28. The largest absolute Gasteiger partial charge is 0.456 e. The van der Waals surface area contributed by atoms with Crippen molar-refractivity contribution in [3.63, 3.8) is 0 Å².